The maximum Gasteiger partial charge on any atom is 0.122 e. The molecule has 1 fully saturated rings. The molecular weight excluding hydrogens is 222 g/mol. The molecule has 0 aromatic heterocycles. The van der Waals surface area contributed by atoms with Crippen LogP contribution >= 0.6 is 0 Å². The Morgan fingerprint density at radius 1 is 1.11 bits per heavy atom. The molecule has 1 saturated heterocycles. The number of hydrogen-bond donors (Lipinski definition) is 0. The molecule has 1 aliphatic rings. The topological polar surface area (TPSA) is 12.5 Å². The number of likely N-dealkylation sites (tertiary alicyclic amines) is 1. The molecule has 0 amide bonds. The summed E-state index contributed by atoms with van der Waals surface area (Å²) in [4.78, 5) is 2.57. The number of nitrogens with zero attached hydrogens (tertiary/aromatic N) is 1. The van der Waals surface area contributed by atoms with E-state index < -0.39 is 0 Å². The van der Waals surface area contributed by atoms with Gasteiger partial charge in [-0.15, -0.1) is 0 Å². The van der Waals surface area contributed by atoms with Crippen molar-refractivity contribution in [1.82, 2.24) is 4.90 Å². The lowest BCUT2D eigenvalue weighted by Gasteiger charge is -2.26. The van der Waals surface area contributed by atoms with Crippen LogP contribution < -0.4 is 4.74 Å². The summed E-state index contributed by atoms with van der Waals surface area (Å²) >= 11 is 0. The maximum absolute atomic E-state index is 5.88. The molecule has 0 radical (unpaired) electrons. The molecule has 1 heterocycles. The zero-order valence-electron chi connectivity index (χ0n) is 11.7. The van der Waals surface area contributed by atoms with E-state index in [0.717, 1.165) is 18.8 Å². The van der Waals surface area contributed by atoms with Gasteiger partial charge in [0.15, 0.2) is 0 Å². The first-order chi connectivity index (χ1) is 8.75. The molecule has 0 aliphatic carbocycles. The van der Waals surface area contributed by atoms with Crippen LogP contribution in [0.4, 0.5) is 0 Å². The van der Waals surface area contributed by atoms with Gasteiger partial charge in [0.1, 0.15) is 5.75 Å². The van der Waals surface area contributed by atoms with E-state index in [-0.39, 0.29) is 0 Å². The molecule has 0 atom stereocenters. The number of hydrogen-bond acceptors (Lipinski definition) is 2. The van der Waals surface area contributed by atoms with Crippen molar-refractivity contribution in [3.05, 3.63) is 29.3 Å². The molecule has 0 N–H and O–H groups in total. The summed E-state index contributed by atoms with van der Waals surface area (Å²) in [7, 11) is 0. The summed E-state index contributed by atoms with van der Waals surface area (Å²) in [6, 6.07) is 6.40. The Bertz CT molecular complexity index is 369. The number of aryl methyl sites for hydroxylation is 2. The Morgan fingerprint density at radius 2 is 1.89 bits per heavy atom. The summed E-state index contributed by atoms with van der Waals surface area (Å²) in [5.74, 6) is 1.05. The van der Waals surface area contributed by atoms with E-state index >= 15 is 0 Å². The second-order valence-electron chi connectivity index (χ2n) is 5.37. The Hall–Kier alpha value is -1.02. The van der Waals surface area contributed by atoms with E-state index in [4.69, 9.17) is 4.74 Å². The molecule has 2 nitrogen and oxygen atoms in total. The van der Waals surface area contributed by atoms with E-state index in [9.17, 15) is 0 Å². The third-order valence-electron chi connectivity index (χ3n) is 3.67. The SMILES string of the molecule is Cc1ccc(C)c(OCCCN2CCCCC2)c1. The maximum atomic E-state index is 5.88. The molecule has 1 aromatic carbocycles. The molecule has 1 aromatic rings. The molecule has 2 heteroatoms. The minimum absolute atomic E-state index is 0.834. The molecule has 100 valence electrons. The first-order valence-corrected chi connectivity index (χ1v) is 7.18. The zero-order valence-corrected chi connectivity index (χ0v) is 11.7. The number of rotatable bonds is 5. The van der Waals surface area contributed by atoms with Crippen LogP contribution in [0.2, 0.25) is 0 Å². The Morgan fingerprint density at radius 3 is 2.67 bits per heavy atom. The van der Waals surface area contributed by atoms with Gasteiger partial charge in [-0.3, -0.25) is 0 Å². The van der Waals surface area contributed by atoms with Crippen molar-refractivity contribution in [2.45, 2.75) is 39.5 Å². The standard InChI is InChI=1S/C16H25NO/c1-14-7-8-15(2)16(13-14)18-12-6-11-17-9-4-3-5-10-17/h7-8,13H,3-6,9-12H2,1-2H3. The largest absolute Gasteiger partial charge is 0.493 e. The second-order valence-corrected chi connectivity index (χ2v) is 5.37. The predicted molar refractivity (Wildman–Crippen MR) is 76.3 cm³/mol. The molecule has 0 spiro atoms. The van der Waals surface area contributed by atoms with Crippen molar-refractivity contribution >= 4 is 0 Å². The molecule has 2 rings (SSSR count). The van der Waals surface area contributed by atoms with Crippen molar-refractivity contribution in [2.24, 2.45) is 0 Å². The number of benzene rings is 1. The Kier molecular flexibility index (Phi) is 5.06. The van der Waals surface area contributed by atoms with E-state index in [1.165, 1.54) is 50.0 Å². The van der Waals surface area contributed by atoms with Crippen LogP contribution in [0.15, 0.2) is 18.2 Å². The van der Waals surface area contributed by atoms with Crippen molar-refractivity contribution in [2.75, 3.05) is 26.2 Å². The summed E-state index contributed by atoms with van der Waals surface area (Å²) in [5.41, 5.74) is 2.50. The fourth-order valence-corrected chi connectivity index (χ4v) is 2.52. The van der Waals surface area contributed by atoms with E-state index in [2.05, 4.69) is 36.9 Å². The minimum atomic E-state index is 0.834. The summed E-state index contributed by atoms with van der Waals surface area (Å²) < 4.78 is 5.88. The van der Waals surface area contributed by atoms with Crippen LogP contribution in [-0.4, -0.2) is 31.1 Å². The van der Waals surface area contributed by atoms with Crippen molar-refractivity contribution in [1.29, 1.82) is 0 Å². The van der Waals surface area contributed by atoms with Crippen LogP contribution in [-0.2, 0) is 0 Å². The van der Waals surface area contributed by atoms with Gasteiger partial charge in [0.2, 0.25) is 0 Å². The van der Waals surface area contributed by atoms with E-state index in [1.54, 1.807) is 0 Å². The van der Waals surface area contributed by atoms with Gasteiger partial charge in [-0.05, 0) is 63.4 Å². The molecule has 1 aliphatic heterocycles. The Labute approximate surface area is 111 Å². The third kappa shape index (κ3) is 4.02. The average molecular weight is 247 g/mol. The molecule has 0 unspecified atom stereocenters. The van der Waals surface area contributed by atoms with Crippen LogP contribution in [0.5, 0.6) is 5.75 Å². The van der Waals surface area contributed by atoms with Gasteiger partial charge in [0.05, 0.1) is 6.61 Å². The highest BCUT2D eigenvalue weighted by atomic mass is 16.5. The highest BCUT2D eigenvalue weighted by molar-refractivity contribution is 5.35. The summed E-state index contributed by atoms with van der Waals surface area (Å²) in [6.07, 6.45) is 5.29. The average Bonchev–Trinajstić information content (AvgIpc) is 2.40. The number of piperidine rings is 1. The van der Waals surface area contributed by atoms with Gasteiger partial charge < -0.3 is 9.64 Å². The van der Waals surface area contributed by atoms with Crippen LogP contribution in [0.25, 0.3) is 0 Å². The highest BCUT2D eigenvalue weighted by Crippen LogP contribution is 2.19. The number of ether oxygens (including phenoxy) is 1. The highest BCUT2D eigenvalue weighted by Gasteiger charge is 2.09. The lowest BCUT2D eigenvalue weighted by molar-refractivity contribution is 0.204. The van der Waals surface area contributed by atoms with E-state index in [0.29, 0.717) is 0 Å². The van der Waals surface area contributed by atoms with Crippen molar-refractivity contribution in [3.8, 4) is 5.75 Å². The van der Waals surface area contributed by atoms with Gasteiger partial charge >= 0.3 is 0 Å². The molecule has 0 saturated carbocycles. The van der Waals surface area contributed by atoms with Gasteiger partial charge in [0.25, 0.3) is 0 Å². The Balaban J connectivity index is 1.69. The monoisotopic (exact) mass is 247 g/mol. The van der Waals surface area contributed by atoms with Crippen LogP contribution in [0.1, 0.15) is 36.8 Å². The van der Waals surface area contributed by atoms with Gasteiger partial charge in [-0.2, -0.15) is 0 Å². The molecular formula is C16H25NO. The molecule has 0 bridgehead atoms. The van der Waals surface area contributed by atoms with Crippen molar-refractivity contribution < 1.29 is 4.74 Å². The first-order valence-electron chi connectivity index (χ1n) is 7.18. The normalized spacial score (nSPS) is 16.8. The quantitative estimate of drug-likeness (QED) is 0.738. The molecule has 18 heavy (non-hydrogen) atoms. The fourth-order valence-electron chi connectivity index (χ4n) is 2.52. The fraction of sp³-hybridized carbons (Fsp3) is 0.625. The van der Waals surface area contributed by atoms with Gasteiger partial charge in [-0.1, -0.05) is 18.6 Å². The first kappa shape index (κ1) is 13.4. The lowest BCUT2D eigenvalue weighted by Crippen LogP contribution is -2.31. The van der Waals surface area contributed by atoms with Crippen LogP contribution in [0.3, 0.4) is 0 Å². The van der Waals surface area contributed by atoms with Gasteiger partial charge in [-0.25, -0.2) is 0 Å². The van der Waals surface area contributed by atoms with E-state index in [1.807, 2.05) is 0 Å². The minimum Gasteiger partial charge on any atom is -0.493 e. The summed E-state index contributed by atoms with van der Waals surface area (Å²) in [5, 5.41) is 0. The van der Waals surface area contributed by atoms with Gasteiger partial charge in [0, 0.05) is 6.54 Å². The third-order valence-corrected chi connectivity index (χ3v) is 3.67. The second kappa shape index (κ2) is 6.79. The summed E-state index contributed by atoms with van der Waals surface area (Å²) in [6.45, 7) is 8.80. The predicted octanol–water partition coefficient (Wildman–Crippen LogP) is 3.56. The van der Waals surface area contributed by atoms with Crippen molar-refractivity contribution in [3.63, 3.8) is 0 Å². The zero-order chi connectivity index (χ0) is 12.8. The lowest BCUT2D eigenvalue weighted by atomic mass is 10.1. The smallest absolute Gasteiger partial charge is 0.122 e. The van der Waals surface area contributed by atoms with Crippen LogP contribution in [0, 0.1) is 13.8 Å².